The number of hydrogen-bond acceptors (Lipinski definition) is 7. The molecule has 3 aromatic rings. The fourth-order valence-electron chi connectivity index (χ4n) is 3.19. The van der Waals surface area contributed by atoms with Crippen LogP contribution in [-0.4, -0.2) is 49.7 Å². The average Bonchev–Trinajstić information content (AvgIpc) is 2.80. The molecule has 0 aromatic heterocycles. The summed E-state index contributed by atoms with van der Waals surface area (Å²) in [4.78, 5) is 0. The molecule has 0 bridgehead atoms. The topological polar surface area (TPSA) is 128 Å². The minimum Gasteiger partial charge on any atom is -0.506 e. The molecule has 0 aliphatic heterocycles. The Hall–Kier alpha value is -3.11. The first-order valence-corrected chi connectivity index (χ1v) is 12.3. The van der Waals surface area contributed by atoms with Crippen LogP contribution in [0.2, 0.25) is 0 Å². The van der Waals surface area contributed by atoms with Crippen molar-refractivity contribution in [3.05, 3.63) is 77.9 Å². The van der Waals surface area contributed by atoms with Crippen LogP contribution in [0, 0.1) is 0 Å². The number of phenols is 1. The number of nitrogens with one attached hydrogen (secondary N) is 2. The Morgan fingerprint density at radius 1 is 0.970 bits per heavy atom. The summed E-state index contributed by atoms with van der Waals surface area (Å²) in [5.41, 5.74) is 3.46. The summed E-state index contributed by atoms with van der Waals surface area (Å²) in [6, 6.07) is 19.7. The molecule has 9 heteroatoms. The maximum absolute atomic E-state index is 11.4. The van der Waals surface area contributed by atoms with Crippen molar-refractivity contribution in [2.45, 2.75) is 12.7 Å². The van der Waals surface area contributed by atoms with E-state index in [1.54, 1.807) is 0 Å². The van der Waals surface area contributed by atoms with Crippen molar-refractivity contribution in [2.24, 2.45) is 0 Å². The molecule has 0 saturated heterocycles. The number of anilines is 1. The monoisotopic (exact) mass is 472 g/mol. The molecule has 8 nitrogen and oxygen atoms in total. The van der Waals surface area contributed by atoms with Gasteiger partial charge in [-0.3, -0.25) is 4.72 Å². The summed E-state index contributed by atoms with van der Waals surface area (Å²) >= 11 is 0. The van der Waals surface area contributed by atoms with Crippen LogP contribution in [0.1, 0.15) is 17.2 Å². The lowest BCUT2D eigenvalue weighted by molar-refractivity contribution is 0.172. The molecule has 1 atom stereocenters. The van der Waals surface area contributed by atoms with E-state index in [1.165, 1.54) is 18.2 Å². The Labute approximate surface area is 193 Å². The van der Waals surface area contributed by atoms with Gasteiger partial charge in [0.15, 0.2) is 0 Å². The van der Waals surface area contributed by atoms with Gasteiger partial charge in [-0.25, -0.2) is 8.42 Å². The second kappa shape index (κ2) is 11.2. The summed E-state index contributed by atoms with van der Waals surface area (Å²) < 4.78 is 30.7. The van der Waals surface area contributed by atoms with E-state index in [9.17, 15) is 18.6 Å². The molecule has 176 valence electrons. The first kappa shape index (κ1) is 24.5. The average molecular weight is 473 g/mol. The second-order valence-electron chi connectivity index (χ2n) is 7.60. The van der Waals surface area contributed by atoms with Crippen molar-refractivity contribution < 1.29 is 28.5 Å². The zero-order chi connectivity index (χ0) is 23.8. The number of sulfonamides is 1. The van der Waals surface area contributed by atoms with E-state index < -0.39 is 16.1 Å². The van der Waals surface area contributed by atoms with Crippen LogP contribution < -0.4 is 14.8 Å². The van der Waals surface area contributed by atoms with Crippen LogP contribution in [0.15, 0.2) is 66.7 Å². The van der Waals surface area contributed by atoms with Gasteiger partial charge in [-0.2, -0.15) is 0 Å². The molecule has 0 heterocycles. The molecule has 3 aromatic carbocycles. The van der Waals surface area contributed by atoms with Gasteiger partial charge in [0, 0.05) is 13.1 Å². The van der Waals surface area contributed by atoms with Crippen LogP contribution in [0.3, 0.4) is 0 Å². The minimum absolute atomic E-state index is 0.0187. The number of aliphatic hydroxyl groups is 2. The zero-order valence-corrected chi connectivity index (χ0v) is 19.0. The number of phenolic OH excluding ortho intramolecular Hbond substituents is 1. The van der Waals surface area contributed by atoms with E-state index >= 15 is 0 Å². The molecule has 0 amide bonds. The molecule has 5 N–H and O–H groups in total. The van der Waals surface area contributed by atoms with E-state index in [4.69, 9.17) is 9.84 Å². The quantitative estimate of drug-likeness (QED) is 0.214. The van der Waals surface area contributed by atoms with Crippen molar-refractivity contribution in [3.63, 3.8) is 0 Å². The summed E-state index contributed by atoms with van der Waals surface area (Å²) in [7, 11) is -3.55. The van der Waals surface area contributed by atoms with Crippen molar-refractivity contribution >= 4 is 15.7 Å². The van der Waals surface area contributed by atoms with Crippen LogP contribution >= 0.6 is 0 Å². The highest BCUT2D eigenvalue weighted by Gasteiger charge is 2.12. The van der Waals surface area contributed by atoms with Crippen molar-refractivity contribution in [1.82, 2.24) is 5.32 Å². The predicted octanol–water partition coefficient (Wildman–Crippen LogP) is 2.63. The number of ether oxygens (including phenoxy) is 1. The number of benzene rings is 3. The van der Waals surface area contributed by atoms with E-state index in [0.717, 1.165) is 28.7 Å². The number of aromatic hydroxyl groups is 1. The van der Waals surface area contributed by atoms with E-state index in [0.29, 0.717) is 18.7 Å². The molecule has 0 saturated carbocycles. The van der Waals surface area contributed by atoms with Gasteiger partial charge in [0.1, 0.15) is 18.1 Å². The lowest BCUT2D eigenvalue weighted by Crippen LogP contribution is -2.26. The normalized spacial score (nSPS) is 12.3. The van der Waals surface area contributed by atoms with Gasteiger partial charge in [-0.1, -0.05) is 42.5 Å². The maximum Gasteiger partial charge on any atom is 0.229 e. The third kappa shape index (κ3) is 7.47. The van der Waals surface area contributed by atoms with E-state index in [1.807, 2.05) is 48.5 Å². The third-order valence-corrected chi connectivity index (χ3v) is 5.50. The molecule has 0 radical (unpaired) electrons. The van der Waals surface area contributed by atoms with Crippen molar-refractivity contribution in [1.29, 1.82) is 0 Å². The molecule has 0 aliphatic carbocycles. The van der Waals surface area contributed by atoms with Gasteiger partial charge in [0.25, 0.3) is 0 Å². The van der Waals surface area contributed by atoms with Gasteiger partial charge in [-0.05, 0) is 46.5 Å². The smallest absolute Gasteiger partial charge is 0.229 e. The molecule has 33 heavy (non-hydrogen) atoms. The Morgan fingerprint density at radius 2 is 1.61 bits per heavy atom. The Balaban J connectivity index is 1.44. The first-order chi connectivity index (χ1) is 15.7. The van der Waals surface area contributed by atoms with Gasteiger partial charge in [-0.15, -0.1) is 0 Å². The van der Waals surface area contributed by atoms with Crippen LogP contribution in [-0.2, 0) is 16.6 Å². The highest BCUT2D eigenvalue weighted by molar-refractivity contribution is 7.92. The van der Waals surface area contributed by atoms with E-state index in [2.05, 4.69) is 10.0 Å². The first-order valence-electron chi connectivity index (χ1n) is 10.4. The number of rotatable bonds is 11. The molecule has 0 aliphatic rings. The Morgan fingerprint density at radius 3 is 2.21 bits per heavy atom. The van der Waals surface area contributed by atoms with Crippen molar-refractivity contribution in [3.8, 4) is 22.6 Å². The van der Waals surface area contributed by atoms with Gasteiger partial charge in [0.05, 0.1) is 24.7 Å². The van der Waals surface area contributed by atoms with Crippen LogP contribution in [0.25, 0.3) is 11.1 Å². The molecule has 0 unspecified atom stereocenters. The van der Waals surface area contributed by atoms with E-state index in [-0.39, 0.29) is 24.6 Å². The summed E-state index contributed by atoms with van der Waals surface area (Å²) in [6.07, 6.45) is 0.0992. The molecular formula is C24H28N2O6S. The van der Waals surface area contributed by atoms with Crippen molar-refractivity contribution in [2.75, 3.05) is 30.7 Å². The van der Waals surface area contributed by atoms with Crippen LogP contribution in [0.4, 0.5) is 5.69 Å². The lowest BCUT2D eigenvalue weighted by atomic mass is 10.0. The zero-order valence-electron chi connectivity index (χ0n) is 18.2. The summed E-state index contributed by atoms with van der Waals surface area (Å²) in [6.45, 7) is 1.14. The largest absolute Gasteiger partial charge is 0.506 e. The Kier molecular flexibility index (Phi) is 8.29. The molecule has 0 spiro atoms. The standard InChI is InChI=1S/C24H28N2O6S/c1-33(30,31)26-22-14-20(8-11-23(22)28)24(29)15-25-12-13-32-21-9-6-19(7-10-21)18-4-2-17(16-27)3-5-18/h2-11,14,24-29H,12-13,15-16H2,1H3/t24-/m0/s1. The fourth-order valence-corrected chi connectivity index (χ4v) is 3.75. The highest BCUT2D eigenvalue weighted by atomic mass is 32.2. The van der Waals surface area contributed by atoms with Crippen LogP contribution in [0.5, 0.6) is 11.5 Å². The number of hydrogen-bond donors (Lipinski definition) is 5. The predicted molar refractivity (Wildman–Crippen MR) is 128 cm³/mol. The fraction of sp³-hybridized carbons (Fsp3) is 0.250. The lowest BCUT2D eigenvalue weighted by Gasteiger charge is -2.15. The van der Waals surface area contributed by atoms with Gasteiger partial charge in [0.2, 0.25) is 10.0 Å². The molecule has 3 rings (SSSR count). The van der Waals surface area contributed by atoms with Gasteiger partial charge >= 0.3 is 0 Å². The van der Waals surface area contributed by atoms with Gasteiger partial charge < -0.3 is 25.4 Å². The molecule has 0 fully saturated rings. The maximum atomic E-state index is 11.4. The summed E-state index contributed by atoms with van der Waals surface area (Å²) in [5.74, 6) is 0.508. The summed E-state index contributed by atoms with van der Waals surface area (Å²) in [5, 5.41) is 32.4. The minimum atomic E-state index is -3.55. The Bertz CT molecular complexity index is 1150. The molecular weight excluding hydrogens is 444 g/mol. The second-order valence-corrected chi connectivity index (χ2v) is 9.35. The highest BCUT2D eigenvalue weighted by Crippen LogP contribution is 2.27. The SMILES string of the molecule is CS(=O)(=O)Nc1cc([C@@H](O)CNCCOc2ccc(-c3ccc(CO)cc3)cc2)ccc1O. The third-order valence-electron chi connectivity index (χ3n) is 4.91. The number of aliphatic hydroxyl groups excluding tert-OH is 2.